The number of benzene rings is 2. The van der Waals surface area contributed by atoms with Crippen LogP contribution in [0.2, 0.25) is 0 Å². The average molecular weight is 919 g/mol. The van der Waals surface area contributed by atoms with E-state index in [1.54, 1.807) is 31.2 Å². The summed E-state index contributed by atoms with van der Waals surface area (Å²) in [6.45, 7) is 12.3. The highest BCUT2D eigenvalue weighted by atomic mass is 31.2. The molecular weight excluding hydrogens is 860 g/mol. The van der Waals surface area contributed by atoms with Crippen LogP contribution in [0, 0.1) is 17.8 Å². The maximum Gasteiger partial charge on any atom is 0.332 e. The van der Waals surface area contributed by atoms with Gasteiger partial charge in [0.25, 0.3) is 5.56 Å². The van der Waals surface area contributed by atoms with E-state index < -0.39 is 55.9 Å². The van der Waals surface area contributed by atoms with Gasteiger partial charge in [-0.3, -0.25) is 44.0 Å². The Kier molecular flexibility index (Phi) is 20.9. The molecule has 1 aliphatic heterocycles. The second-order valence-corrected chi connectivity index (χ2v) is 16.5. The van der Waals surface area contributed by atoms with E-state index >= 15 is 0 Å². The summed E-state index contributed by atoms with van der Waals surface area (Å²) >= 11 is 0. The molecule has 20 heteroatoms. The smallest absolute Gasteiger partial charge is 0.332 e. The number of unbranched alkanes of at least 4 members (excludes halogenated alkanes) is 1. The van der Waals surface area contributed by atoms with Gasteiger partial charge in [0.15, 0.2) is 16.9 Å². The van der Waals surface area contributed by atoms with Crippen LogP contribution >= 0.6 is 8.60 Å². The number of ketones is 2. The first kappa shape index (κ1) is 51.8. The van der Waals surface area contributed by atoms with Gasteiger partial charge in [-0.25, -0.2) is 9.97 Å². The molecule has 0 radical (unpaired) electrons. The number of likely N-dealkylation sites (tertiary alicyclic amines) is 1. The number of nitrogens with zero attached hydrogens (tertiary/aromatic N) is 4. The molecule has 5 unspecified atom stereocenters. The number of aldehydes is 1. The fraction of sp³-hybridized carbons (Fsp3) is 0.467. The Morgan fingerprint density at radius 2 is 1.63 bits per heavy atom. The van der Waals surface area contributed by atoms with Crippen LogP contribution in [-0.4, -0.2) is 104 Å². The first-order valence-corrected chi connectivity index (χ1v) is 22.6. The van der Waals surface area contributed by atoms with Crippen LogP contribution in [-0.2, 0) is 50.6 Å². The van der Waals surface area contributed by atoms with E-state index in [9.17, 15) is 33.6 Å². The minimum atomic E-state index is -1.42. The minimum Gasteiger partial charge on any atom is -0.481 e. The van der Waals surface area contributed by atoms with E-state index in [0.29, 0.717) is 69.9 Å². The Labute approximate surface area is 378 Å². The summed E-state index contributed by atoms with van der Waals surface area (Å²) in [5, 5.41) is 17.1. The van der Waals surface area contributed by atoms with E-state index in [0.717, 1.165) is 17.5 Å². The molecular formula is C45H59N8O11P. The summed E-state index contributed by atoms with van der Waals surface area (Å²) in [5.74, 6) is -4.76. The molecule has 5 N–H and O–H groups in total. The molecule has 5 rings (SSSR count). The highest BCUT2D eigenvalue weighted by Gasteiger charge is 2.55. The molecule has 1 saturated heterocycles. The monoisotopic (exact) mass is 918 g/mol. The zero-order valence-electron chi connectivity index (χ0n) is 37.6. The van der Waals surface area contributed by atoms with E-state index in [1.165, 1.54) is 20.0 Å². The number of Topliss-reactive ketones (excluding diaryl/α,β-unsaturated/α-hetero) is 2. The fourth-order valence-corrected chi connectivity index (χ4v) is 8.07. The minimum absolute atomic E-state index is 0.000532. The van der Waals surface area contributed by atoms with Crippen molar-refractivity contribution in [1.82, 2.24) is 30.2 Å². The number of aromatic amines is 1. The predicted octanol–water partition coefficient (Wildman–Crippen LogP) is 5.46. The number of rotatable bonds is 24. The summed E-state index contributed by atoms with van der Waals surface area (Å²) < 4.78 is 16.6. The van der Waals surface area contributed by atoms with Gasteiger partial charge in [0.1, 0.15) is 12.1 Å². The third kappa shape index (κ3) is 15.4. The molecule has 65 heavy (non-hydrogen) atoms. The highest BCUT2D eigenvalue weighted by Crippen LogP contribution is 2.40. The number of carboxylic acids is 1. The molecule has 2 amide bonds. The molecule has 1 aliphatic rings. The molecule has 5 atom stereocenters. The molecule has 350 valence electrons. The average Bonchev–Trinajstić information content (AvgIpc) is 3.58. The topological polar surface area (TPSA) is 261 Å². The second kappa shape index (κ2) is 26.2. The second-order valence-electron chi connectivity index (χ2n) is 15.3. The van der Waals surface area contributed by atoms with Crippen molar-refractivity contribution in [2.75, 3.05) is 37.0 Å². The lowest BCUT2D eigenvalue weighted by molar-refractivity contribution is -0.141. The lowest BCUT2D eigenvalue weighted by Crippen LogP contribution is -2.45. The van der Waals surface area contributed by atoms with Gasteiger partial charge in [0, 0.05) is 36.8 Å². The van der Waals surface area contributed by atoms with Crippen LogP contribution in [0.4, 0.5) is 11.6 Å². The van der Waals surface area contributed by atoms with Crippen LogP contribution in [0.3, 0.4) is 0 Å². The number of aromatic nitrogens is 4. The first-order chi connectivity index (χ1) is 31.2. The molecule has 2 aromatic heterocycles. The lowest BCUT2D eigenvalue weighted by Gasteiger charge is -2.28. The van der Waals surface area contributed by atoms with E-state index in [-0.39, 0.29) is 41.1 Å². The van der Waals surface area contributed by atoms with Crippen LogP contribution in [0.15, 0.2) is 65.6 Å². The number of hydrogen-bond donors (Lipinski definition) is 5. The van der Waals surface area contributed by atoms with Gasteiger partial charge in [0.05, 0.1) is 62.1 Å². The van der Waals surface area contributed by atoms with Crippen molar-refractivity contribution in [3.8, 4) is 0 Å². The molecule has 4 aromatic rings. The molecule has 2 aromatic carbocycles. The number of H-pyrrole nitrogens is 1. The zero-order valence-corrected chi connectivity index (χ0v) is 38.5. The van der Waals surface area contributed by atoms with E-state index in [4.69, 9.17) is 18.7 Å². The molecule has 0 saturated carbocycles. The van der Waals surface area contributed by atoms with Gasteiger partial charge in [-0.15, -0.1) is 0 Å². The van der Waals surface area contributed by atoms with Gasteiger partial charge in [-0.2, -0.15) is 4.98 Å². The normalized spacial score (nSPS) is 17.5. The van der Waals surface area contributed by atoms with Crippen LogP contribution < -0.4 is 21.5 Å². The van der Waals surface area contributed by atoms with Gasteiger partial charge < -0.3 is 34.1 Å². The van der Waals surface area contributed by atoms with Crippen molar-refractivity contribution < 1.29 is 47.4 Å². The number of fused-ring (bicyclic) bond motifs is 1. The van der Waals surface area contributed by atoms with Crippen molar-refractivity contribution in [3.05, 3.63) is 88.0 Å². The van der Waals surface area contributed by atoms with Crippen molar-refractivity contribution in [2.24, 2.45) is 17.8 Å². The fourth-order valence-electron chi connectivity index (χ4n) is 7.15. The Morgan fingerprint density at radius 3 is 2.25 bits per heavy atom. The molecule has 19 nitrogen and oxygen atoms in total. The summed E-state index contributed by atoms with van der Waals surface area (Å²) in [6, 6.07) is 15.1. The summed E-state index contributed by atoms with van der Waals surface area (Å²) in [5.41, 5.74) is 2.06. The molecule has 3 heterocycles. The number of nitrogens with one attached hydrogen (secondary N) is 4. The number of carboxylic acid groups (broad SMARTS) is 1. The highest BCUT2D eigenvalue weighted by molar-refractivity contribution is 7.41. The lowest BCUT2D eigenvalue weighted by atomic mass is 9.84. The van der Waals surface area contributed by atoms with Gasteiger partial charge in [0.2, 0.25) is 17.8 Å². The van der Waals surface area contributed by atoms with Gasteiger partial charge >= 0.3 is 14.6 Å². The van der Waals surface area contributed by atoms with Crippen LogP contribution in [0.25, 0.3) is 11.2 Å². The Balaban J connectivity index is 0.000000926. The summed E-state index contributed by atoms with van der Waals surface area (Å²) in [4.78, 5) is 104. The Hall–Kier alpha value is -5.85. The van der Waals surface area contributed by atoms with Crippen molar-refractivity contribution in [3.63, 3.8) is 0 Å². The SMILES string of the molecule is CC(CCC=O)C(=O)O.CCOP(OCC)OCCCCNC(=O)C1C(C(=O)Nc2nc3ncc(CNc4ccc(C(C)=O)cc4)nc3c(=O)[nH]2)C(C(C)=O)N(Cc2ccccc2)C1C. The molecule has 0 bridgehead atoms. The number of hydrogen-bond acceptors (Lipinski definition) is 15. The van der Waals surface area contributed by atoms with Gasteiger partial charge in [-0.05, 0) is 83.7 Å². The number of carbonyl (C=O) groups excluding carboxylic acids is 5. The molecule has 0 aliphatic carbocycles. The Bertz CT molecular complexity index is 2280. The number of aliphatic carboxylic acids is 1. The van der Waals surface area contributed by atoms with Crippen molar-refractivity contribution >= 4 is 67.0 Å². The third-order valence-corrected chi connectivity index (χ3v) is 11.8. The van der Waals surface area contributed by atoms with E-state index in [1.807, 2.05) is 56.0 Å². The quantitative estimate of drug-likeness (QED) is 0.0253. The summed E-state index contributed by atoms with van der Waals surface area (Å²) in [6.07, 6.45) is 4.22. The molecule has 0 spiro atoms. The maximum atomic E-state index is 14.2. The van der Waals surface area contributed by atoms with Crippen molar-refractivity contribution in [2.45, 2.75) is 92.4 Å². The first-order valence-electron chi connectivity index (χ1n) is 21.5. The van der Waals surface area contributed by atoms with Crippen LogP contribution in [0.5, 0.6) is 0 Å². The molecule has 1 fully saturated rings. The Morgan fingerprint density at radius 1 is 0.938 bits per heavy atom. The number of carbonyl (C=O) groups is 6. The standard InChI is InChI=1S/C39H49N8O8P.C6H10O3/c1-6-53-56(54-7-2)55-20-12-11-19-40-36(50)31-24(3)47(23-27-13-9-8-10-14-27)34(26(5)49)32(31)37(51)45-39-44-35-33(38(52)46-39)43-30(22-42-35)21-41-29-17-15-28(16-18-29)25(4)48;1-5(6(8)9)3-2-4-7/h8-10,13-18,22,24,31-32,34,41H,6-7,11-12,19-21,23H2,1-5H3,(H,40,50)(H2,42,44,45,46,51,52);4-5H,2-3H2,1H3,(H,8,9). The van der Waals surface area contributed by atoms with Gasteiger partial charge in [-0.1, -0.05) is 37.3 Å². The largest absolute Gasteiger partial charge is 0.481 e. The number of amides is 2. The summed E-state index contributed by atoms with van der Waals surface area (Å²) in [7, 11) is -1.42. The van der Waals surface area contributed by atoms with E-state index in [2.05, 4.69) is 35.9 Å². The third-order valence-electron chi connectivity index (χ3n) is 10.5. The maximum absolute atomic E-state index is 14.2. The number of anilines is 2. The van der Waals surface area contributed by atoms with Crippen molar-refractivity contribution in [1.29, 1.82) is 0 Å². The predicted molar refractivity (Wildman–Crippen MR) is 244 cm³/mol. The zero-order chi connectivity index (χ0) is 47.5. The van der Waals surface area contributed by atoms with Crippen LogP contribution in [0.1, 0.15) is 88.8 Å².